The van der Waals surface area contributed by atoms with Gasteiger partial charge in [0.1, 0.15) is 0 Å². The zero-order chi connectivity index (χ0) is 12.8. The van der Waals surface area contributed by atoms with E-state index in [1.807, 2.05) is 6.07 Å². The first-order valence-electron chi connectivity index (χ1n) is 6.92. The van der Waals surface area contributed by atoms with Gasteiger partial charge in [-0.15, -0.1) is 0 Å². The van der Waals surface area contributed by atoms with Crippen molar-refractivity contribution in [2.75, 3.05) is 19.7 Å². The zero-order valence-electron chi connectivity index (χ0n) is 10.9. The van der Waals surface area contributed by atoms with Gasteiger partial charge in [0.25, 0.3) is 0 Å². The predicted molar refractivity (Wildman–Crippen MR) is 72.6 cm³/mol. The van der Waals surface area contributed by atoms with Crippen LogP contribution in [0, 0.1) is 0 Å². The molecule has 0 amide bonds. The van der Waals surface area contributed by atoms with Gasteiger partial charge in [-0.05, 0) is 55.3 Å². The molecule has 1 aliphatic carbocycles. The highest BCUT2D eigenvalue weighted by Crippen LogP contribution is 2.24. The third-order valence-corrected chi connectivity index (χ3v) is 3.61. The van der Waals surface area contributed by atoms with Gasteiger partial charge < -0.3 is 15.5 Å². The molecule has 3 heteroatoms. The molecule has 3 N–H and O–H groups in total. The lowest BCUT2D eigenvalue weighted by Gasteiger charge is -2.19. The number of nitrogens with one attached hydrogen (secondary N) is 1. The van der Waals surface area contributed by atoms with Crippen LogP contribution < -0.4 is 5.32 Å². The SMILES string of the molecule is OCCCNCC(O)c1ccc2c(c1)CCCC2. The van der Waals surface area contributed by atoms with Crippen molar-refractivity contribution >= 4 is 0 Å². The molecule has 0 saturated carbocycles. The van der Waals surface area contributed by atoms with Crippen molar-refractivity contribution < 1.29 is 10.2 Å². The van der Waals surface area contributed by atoms with Crippen molar-refractivity contribution in [3.05, 3.63) is 34.9 Å². The van der Waals surface area contributed by atoms with E-state index in [4.69, 9.17) is 5.11 Å². The number of hydrogen-bond donors (Lipinski definition) is 3. The summed E-state index contributed by atoms with van der Waals surface area (Å²) < 4.78 is 0. The minimum absolute atomic E-state index is 0.196. The Kier molecular flexibility index (Phi) is 5.17. The maximum atomic E-state index is 10.1. The van der Waals surface area contributed by atoms with E-state index in [1.54, 1.807) is 0 Å². The van der Waals surface area contributed by atoms with Crippen molar-refractivity contribution in [1.29, 1.82) is 0 Å². The quantitative estimate of drug-likeness (QED) is 0.671. The predicted octanol–water partition coefficient (Wildman–Crippen LogP) is 1.57. The van der Waals surface area contributed by atoms with E-state index in [1.165, 1.54) is 30.4 Å². The van der Waals surface area contributed by atoms with Crippen LogP contribution in [-0.2, 0) is 12.8 Å². The molecule has 0 fully saturated rings. The number of hydrogen-bond acceptors (Lipinski definition) is 3. The van der Waals surface area contributed by atoms with Crippen LogP contribution in [-0.4, -0.2) is 29.9 Å². The second kappa shape index (κ2) is 6.88. The van der Waals surface area contributed by atoms with E-state index in [2.05, 4.69) is 17.4 Å². The molecule has 0 spiro atoms. The lowest BCUT2D eigenvalue weighted by atomic mass is 9.89. The molecule has 0 bridgehead atoms. The van der Waals surface area contributed by atoms with Crippen LogP contribution in [0.2, 0.25) is 0 Å². The summed E-state index contributed by atoms with van der Waals surface area (Å²) in [5.74, 6) is 0. The van der Waals surface area contributed by atoms with E-state index in [0.717, 1.165) is 24.9 Å². The van der Waals surface area contributed by atoms with Crippen LogP contribution >= 0.6 is 0 Å². The molecular weight excluding hydrogens is 226 g/mol. The Labute approximate surface area is 109 Å². The summed E-state index contributed by atoms with van der Waals surface area (Å²) in [4.78, 5) is 0. The maximum absolute atomic E-state index is 10.1. The molecule has 0 radical (unpaired) electrons. The summed E-state index contributed by atoms with van der Waals surface area (Å²) in [5.41, 5.74) is 3.87. The number of fused-ring (bicyclic) bond motifs is 1. The van der Waals surface area contributed by atoms with E-state index in [9.17, 15) is 5.11 Å². The molecular formula is C15H23NO2. The monoisotopic (exact) mass is 249 g/mol. The molecule has 0 aromatic heterocycles. The van der Waals surface area contributed by atoms with Gasteiger partial charge in [-0.2, -0.15) is 0 Å². The molecule has 2 rings (SSSR count). The van der Waals surface area contributed by atoms with Gasteiger partial charge >= 0.3 is 0 Å². The Morgan fingerprint density at radius 1 is 1.17 bits per heavy atom. The fourth-order valence-corrected chi connectivity index (χ4v) is 2.52. The molecule has 0 heterocycles. The Balaban J connectivity index is 1.91. The van der Waals surface area contributed by atoms with Gasteiger partial charge in [-0.25, -0.2) is 0 Å². The lowest BCUT2D eigenvalue weighted by Crippen LogP contribution is -2.23. The second-order valence-corrected chi connectivity index (χ2v) is 5.03. The van der Waals surface area contributed by atoms with E-state index < -0.39 is 6.10 Å². The molecule has 0 saturated heterocycles. The number of benzene rings is 1. The first-order chi connectivity index (χ1) is 8.81. The summed E-state index contributed by atoms with van der Waals surface area (Å²) in [6.45, 7) is 1.50. The Bertz CT molecular complexity index is 379. The fraction of sp³-hybridized carbons (Fsp3) is 0.600. The zero-order valence-corrected chi connectivity index (χ0v) is 10.9. The first-order valence-corrected chi connectivity index (χ1v) is 6.92. The largest absolute Gasteiger partial charge is 0.396 e. The van der Waals surface area contributed by atoms with E-state index in [-0.39, 0.29) is 6.61 Å². The van der Waals surface area contributed by atoms with Gasteiger partial charge in [0, 0.05) is 13.2 Å². The first kappa shape index (κ1) is 13.5. The minimum Gasteiger partial charge on any atom is -0.396 e. The average Bonchev–Trinajstić information content (AvgIpc) is 2.43. The number of rotatable bonds is 6. The van der Waals surface area contributed by atoms with Crippen molar-refractivity contribution in [2.24, 2.45) is 0 Å². The van der Waals surface area contributed by atoms with Crippen molar-refractivity contribution in [3.8, 4) is 0 Å². The van der Waals surface area contributed by atoms with Crippen molar-refractivity contribution in [2.45, 2.75) is 38.2 Å². The summed E-state index contributed by atoms with van der Waals surface area (Å²) in [5, 5.41) is 21.9. The lowest BCUT2D eigenvalue weighted by molar-refractivity contribution is 0.173. The molecule has 1 unspecified atom stereocenters. The van der Waals surface area contributed by atoms with Gasteiger partial charge in [-0.1, -0.05) is 18.2 Å². The molecule has 3 nitrogen and oxygen atoms in total. The highest BCUT2D eigenvalue weighted by molar-refractivity contribution is 5.34. The summed E-state index contributed by atoms with van der Waals surface area (Å²) >= 11 is 0. The fourth-order valence-electron chi connectivity index (χ4n) is 2.52. The Morgan fingerprint density at radius 2 is 1.94 bits per heavy atom. The number of aliphatic hydroxyl groups is 2. The summed E-state index contributed by atoms with van der Waals surface area (Å²) in [6.07, 6.45) is 5.17. The Morgan fingerprint density at radius 3 is 2.72 bits per heavy atom. The third kappa shape index (κ3) is 3.55. The normalized spacial score (nSPS) is 16.3. The summed E-state index contributed by atoms with van der Waals surface area (Å²) in [6, 6.07) is 6.37. The van der Waals surface area contributed by atoms with Crippen LogP contribution in [0.4, 0.5) is 0 Å². The Hall–Kier alpha value is -0.900. The van der Waals surface area contributed by atoms with Crippen LogP contribution in [0.3, 0.4) is 0 Å². The van der Waals surface area contributed by atoms with E-state index in [0.29, 0.717) is 6.54 Å². The standard InChI is InChI=1S/C15H23NO2/c17-9-3-8-16-11-15(18)14-7-6-12-4-1-2-5-13(12)10-14/h6-7,10,15-18H,1-5,8-9,11H2. The molecule has 1 aliphatic rings. The molecule has 1 aromatic rings. The number of aryl methyl sites for hydroxylation is 2. The van der Waals surface area contributed by atoms with Crippen LogP contribution in [0.15, 0.2) is 18.2 Å². The van der Waals surface area contributed by atoms with Crippen LogP contribution in [0.1, 0.15) is 42.1 Å². The maximum Gasteiger partial charge on any atom is 0.0914 e. The van der Waals surface area contributed by atoms with Crippen molar-refractivity contribution in [1.82, 2.24) is 5.32 Å². The number of aliphatic hydroxyl groups excluding tert-OH is 2. The highest BCUT2D eigenvalue weighted by atomic mass is 16.3. The molecule has 0 aliphatic heterocycles. The van der Waals surface area contributed by atoms with Gasteiger partial charge in [0.15, 0.2) is 0 Å². The third-order valence-electron chi connectivity index (χ3n) is 3.61. The second-order valence-electron chi connectivity index (χ2n) is 5.03. The molecule has 1 atom stereocenters. The molecule has 100 valence electrons. The van der Waals surface area contributed by atoms with Gasteiger partial charge in [0.2, 0.25) is 0 Å². The van der Waals surface area contributed by atoms with Crippen LogP contribution in [0.5, 0.6) is 0 Å². The van der Waals surface area contributed by atoms with E-state index >= 15 is 0 Å². The topological polar surface area (TPSA) is 52.5 Å². The smallest absolute Gasteiger partial charge is 0.0914 e. The van der Waals surface area contributed by atoms with Crippen LogP contribution in [0.25, 0.3) is 0 Å². The average molecular weight is 249 g/mol. The minimum atomic E-state index is -0.448. The van der Waals surface area contributed by atoms with Gasteiger partial charge in [0.05, 0.1) is 6.10 Å². The molecule has 18 heavy (non-hydrogen) atoms. The molecule has 1 aromatic carbocycles. The van der Waals surface area contributed by atoms with Gasteiger partial charge in [-0.3, -0.25) is 0 Å². The highest BCUT2D eigenvalue weighted by Gasteiger charge is 2.13. The summed E-state index contributed by atoms with van der Waals surface area (Å²) in [7, 11) is 0. The van der Waals surface area contributed by atoms with Crippen molar-refractivity contribution in [3.63, 3.8) is 0 Å².